The van der Waals surface area contributed by atoms with Crippen LogP contribution in [0.3, 0.4) is 0 Å². The Morgan fingerprint density at radius 3 is 2.52 bits per heavy atom. The third kappa shape index (κ3) is 4.58. The highest BCUT2D eigenvalue weighted by atomic mass is 32.2. The molecular formula is C20H19F3N6O3S. The van der Waals surface area contributed by atoms with E-state index >= 15 is 0 Å². The highest BCUT2D eigenvalue weighted by molar-refractivity contribution is 7.91. The quantitative estimate of drug-likeness (QED) is 0.576. The Hall–Kier alpha value is -3.35. The Balaban J connectivity index is 1.80. The van der Waals surface area contributed by atoms with Crippen LogP contribution in [0, 0.1) is 0 Å². The highest BCUT2D eigenvalue weighted by Crippen LogP contribution is 2.32. The number of aromatic nitrogens is 5. The number of carbonyl (C=O) groups excluding carboxylic acids is 1. The first-order valence-electron chi connectivity index (χ1n) is 9.98. The lowest BCUT2D eigenvalue weighted by molar-refractivity contribution is -0.137. The standard InChI is InChI=1S/C20H19F3N6O3S/c1-3-33(31,32)15-8-11(19(30)26-13-4-5-13)10-25-16(15)18-28-27-17(29(18)2)14-9-12(6-7-24-14)20(21,22)23/h6-10,13H,3-5H2,1-2H3,(H,26,30). The van der Waals surface area contributed by atoms with Crippen LogP contribution in [0.1, 0.15) is 35.7 Å². The van der Waals surface area contributed by atoms with Crippen molar-refractivity contribution in [1.82, 2.24) is 30.0 Å². The zero-order chi connectivity index (χ0) is 24.0. The Kier molecular flexibility index (Phi) is 5.68. The third-order valence-electron chi connectivity index (χ3n) is 5.15. The molecular weight excluding hydrogens is 461 g/mol. The second-order valence-electron chi connectivity index (χ2n) is 7.56. The highest BCUT2D eigenvalue weighted by Gasteiger charge is 2.32. The fourth-order valence-electron chi connectivity index (χ4n) is 3.11. The monoisotopic (exact) mass is 480 g/mol. The predicted molar refractivity (Wildman–Crippen MR) is 111 cm³/mol. The molecule has 13 heteroatoms. The number of alkyl halides is 3. The summed E-state index contributed by atoms with van der Waals surface area (Å²) in [5, 5.41) is 10.6. The van der Waals surface area contributed by atoms with E-state index < -0.39 is 27.5 Å². The first-order valence-corrected chi connectivity index (χ1v) is 11.6. The fourth-order valence-corrected chi connectivity index (χ4v) is 4.17. The SMILES string of the molecule is CCS(=O)(=O)c1cc(C(=O)NC2CC2)cnc1-c1nnc(-c2cc(C(F)(F)F)ccn2)n1C. The number of nitrogens with zero attached hydrogens (tertiary/aromatic N) is 5. The van der Waals surface area contributed by atoms with Gasteiger partial charge in [0.25, 0.3) is 5.91 Å². The second kappa shape index (κ2) is 8.21. The number of hydrogen-bond donors (Lipinski definition) is 1. The summed E-state index contributed by atoms with van der Waals surface area (Å²) in [5.41, 5.74) is -0.977. The van der Waals surface area contributed by atoms with Crippen molar-refractivity contribution in [2.75, 3.05) is 5.75 Å². The van der Waals surface area contributed by atoms with Crippen LogP contribution in [-0.4, -0.2) is 50.9 Å². The second-order valence-corrected chi connectivity index (χ2v) is 9.80. The van der Waals surface area contributed by atoms with Gasteiger partial charge < -0.3 is 9.88 Å². The normalized spacial score (nSPS) is 14.3. The maximum Gasteiger partial charge on any atom is 0.416 e. The minimum absolute atomic E-state index is 0.00499. The van der Waals surface area contributed by atoms with E-state index in [9.17, 15) is 26.4 Å². The average molecular weight is 480 g/mol. The molecule has 9 nitrogen and oxygen atoms in total. The fraction of sp³-hybridized carbons (Fsp3) is 0.350. The van der Waals surface area contributed by atoms with Gasteiger partial charge in [0.1, 0.15) is 11.4 Å². The molecule has 3 aromatic rings. The number of hydrogen-bond acceptors (Lipinski definition) is 7. The molecule has 3 aromatic heterocycles. The van der Waals surface area contributed by atoms with Crippen molar-refractivity contribution in [2.45, 2.75) is 36.9 Å². The van der Waals surface area contributed by atoms with E-state index in [2.05, 4.69) is 25.5 Å². The largest absolute Gasteiger partial charge is 0.416 e. The molecule has 0 unspecified atom stereocenters. The van der Waals surface area contributed by atoms with Gasteiger partial charge in [-0.2, -0.15) is 13.2 Å². The number of nitrogens with one attached hydrogen (secondary N) is 1. The van der Waals surface area contributed by atoms with E-state index in [0.717, 1.165) is 31.2 Å². The van der Waals surface area contributed by atoms with E-state index in [1.807, 2.05) is 0 Å². The molecule has 0 saturated heterocycles. The lowest BCUT2D eigenvalue weighted by Crippen LogP contribution is -2.26. The molecule has 0 bridgehead atoms. The summed E-state index contributed by atoms with van der Waals surface area (Å²) in [6, 6.07) is 2.97. The lowest BCUT2D eigenvalue weighted by Gasteiger charge is -2.11. The van der Waals surface area contributed by atoms with E-state index in [1.54, 1.807) is 0 Å². The van der Waals surface area contributed by atoms with Crippen molar-refractivity contribution in [3.63, 3.8) is 0 Å². The van der Waals surface area contributed by atoms with Crippen LogP contribution in [0.15, 0.2) is 35.5 Å². The smallest absolute Gasteiger partial charge is 0.349 e. The Morgan fingerprint density at radius 1 is 1.18 bits per heavy atom. The van der Waals surface area contributed by atoms with Crippen molar-refractivity contribution in [3.8, 4) is 23.0 Å². The Labute approximate surface area is 187 Å². The minimum Gasteiger partial charge on any atom is -0.349 e. The van der Waals surface area contributed by atoms with Gasteiger partial charge >= 0.3 is 6.18 Å². The first-order chi connectivity index (χ1) is 15.5. The van der Waals surface area contributed by atoms with E-state index in [-0.39, 0.29) is 45.3 Å². The van der Waals surface area contributed by atoms with Crippen molar-refractivity contribution in [3.05, 3.63) is 41.7 Å². The topological polar surface area (TPSA) is 120 Å². The molecule has 174 valence electrons. The van der Waals surface area contributed by atoms with Gasteiger partial charge in [0.05, 0.1) is 21.8 Å². The lowest BCUT2D eigenvalue weighted by atomic mass is 10.2. The van der Waals surface area contributed by atoms with Crippen molar-refractivity contribution in [1.29, 1.82) is 0 Å². The van der Waals surface area contributed by atoms with E-state index in [0.29, 0.717) is 0 Å². The molecule has 0 aromatic carbocycles. The first kappa shape index (κ1) is 22.8. The molecule has 4 rings (SSSR count). The van der Waals surface area contributed by atoms with Gasteiger partial charge in [-0.3, -0.25) is 14.8 Å². The molecule has 1 fully saturated rings. The molecule has 1 aliphatic rings. The van der Waals surface area contributed by atoms with Crippen molar-refractivity contribution >= 4 is 15.7 Å². The van der Waals surface area contributed by atoms with Crippen LogP contribution >= 0.6 is 0 Å². The Bertz CT molecular complexity index is 1330. The van der Waals surface area contributed by atoms with Gasteiger partial charge in [0.15, 0.2) is 21.5 Å². The number of carbonyl (C=O) groups is 1. The van der Waals surface area contributed by atoms with Crippen molar-refractivity contribution in [2.24, 2.45) is 7.05 Å². The molecule has 0 aliphatic heterocycles. The zero-order valence-electron chi connectivity index (χ0n) is 17.6. The summed E-state index contributed by atoms with van der Waals surface area (Å²) in [7, 11) is -2.37. The molecule has 0 spiro atoms. The molecule has 3 heterocycles. The summed E-state index contributed by atoms with van der Waals surface area (Å²) >= 11 is 0. The maximum atomic E-state index is 13.1. The Morgan fingerprint density at radius 2 is 1.88 bits per heavy atom. The molecule has 1 amide bonds. The van der Waals surface area contributed by atoms with Gasteiger partial charge in [-0.25, -0.2) is 8.42 Å². The van der Waals surface area contributed by atoms with Gasteiger partial charge in [0.2, 0.25) is 0 Å². The summed E-state index contributed by atoms with van der Waals surface area (Å²) in [4.78, 5) is 20.3. The molecule has 1 aliphatic carbocycles. The average Bonchev–Trinajstić information content (AvgIpc) is 3.51. The molecule has 1 N–H and O–H groups in total. The summed E-state index contributed by atoms with van der Waals surface area (Å²) in [5.74, 6) is -0.690. The maximum absolute atomic E-state index is 13.1. The van der Waals surface area contributed by atoms with Crippen LogP contribution in [0.25, 0.3) is 23.0 Å². The summed E-state index contributed by atoms with van der Waals surface area (Å²) < 4.78 is 66.1. The molecule has 0 atom stereocenters. The van der Waals surface area contributed by atoms with Crippen LogP contribution in [-0.2, 0) is 23.1 Å². The van der Waals surface area contributed by atoms with E-state index in [1.165, 1.54) is 30.8 Å². The van der Waals surface area contributed by atoms with Gasteiger partial charge in [-0.1, -0.05) is 6.92 Å². The van der Waals surface area contributed by atoms with Crippen LogP contribution < -0.4 is 5.32 Å². The number of pyridine rings is 2. The number of halogens is 3. The van der Waals surface area contributed by atoms with Gasteiger partial charge in [0, 0.05) is 25.5 Å². The van der Waals surface area contributed by atoms with E-state index in [4.69, 9.17) is 0 Å². The van der Waals surface area contributed by atoms with Gasteiger partial charge in [-0.05, 0) is 31.0 Å². The van der Waals surface area contributed by atoms with Crippen LogP contribution in [0.5, 0.6) is 0 Å². The van der Waals surface area contributed by atoms with Gasteiger partial charge in [-0.15, -0.1) is 10.2 Å². The summed E-state index contributed by atoms with van der Waals surface area (Å²) in [6.07, 6.45) is -0.602. The zero-order valence-corrected chi connectivity index (χ0v) is 18.4. The minimum atomic E-state index is -4.57. The van der Waals surface area contributed by atoms with Crippen molar-refractivity contribution < 1.29 is 26.4 Å². The third-order valence-corrected chi connectivity index (χ3v) is 6.89. The summed E-state index contributed by atoms with van der Waals surface area (Å²) in [6.45, 7) is 1.45. The van der Waals surface area contributed by atoms with Crippen LogP contribution in [0.2, 0.25) is 0 Å². The molecule has 0 radical (unpaired) electrons. The predicted octanol–water partition coefficient (Wildman–Crippen LogP) is 2.64. The number of rotatable bonds is 6. The number of sulfone groups is 1. The molecule has 33 heavy (non-hydrogen) atoms. The van der Waals surface area contributed by atoms with Crippen LogP contribution in [0.4, 0.5) is 13.2 Å². The molecule has 1 saturated carbocycles. The number of amides is 1.